The molecule has 1 atom stereocenters. The zero-order chi connectivity index (χ0) is 24.5. The van der Waals surface area contributed by atoms with Gasteiger partial charge in [0.25, 0.3) is 0 Å². The molecule has 36 heavy (non-hydrogen) atoms. The summed E-state index contributed by atoms with van der Waals surface area (Å²) in [6.45, 7) is 4.77. The molecule has 0 bridgehead atoms. The molecular weight excluding hydrogens is 454 g/mol. The van der Waals surface area contributed by atoms with Crippen molar-refractivity contribution >= 4 is 11.8 Å². The second-order valence-electron chi connectivity index (χ2n) is 9.33. The lowest BCUT2D eigenvalue weighted by Crippen LogP contribution is -2.34. The van der Waals surface area contributed by atoms with E-state index in [1.54, 1.807) is 7.11 Å². The van der Waals surface area contributed by atoms with Crippen LogP contribution in [0.1, 0.15) is 48.1 Å². The lowest BCUT2D eigenvalue weighted by molar-refractivity contribution is 0.174. The Hall–Kier alpha value is -3.80. The molecule has 0 saturated heterocycles. The fraction of sp³-hybridized carbons (Fsp3) is 0.333. The highest BCUT2D eigenvalue weighted by Crippen LogP contribution is 2.49. The van der Waals surface area contributed by atoms with Crippen molar-refractivity contribution in [3.05, 3.63) is 76.9 Å². The van der Waals surface area contributed by atoms with Crippen LogP contribution < -0.4 is 23.7 Å². The number of ether oxygens (including phenoxy) is 5. The first kappa shape index (κ1) is 22.7. The normalized spacial score (nSPS) is 17.0. The van der Waals surface area contributed by atoms with Gasteiger partial charge in [-0.25, -0.2) is 0 Å². The van der Waals surface area contributed by atoms with Crippen LogP contribution >= 0.6 is 0 Å². The summed E-state index contributed by atoms with van der Waals surface area (Å²) >= 11 is 0. The van der Waals surface area contributed by atoms with E-state index in [1.807, 2.05) is 36.4 Å². The molecule has 0 spiro atoms. The first-order chi connectivity index (χ1) is 17.7. The van der Waals surface area contributed by atoms with Crippen LogP contribution in [-0.4, -0.2) is 38.6 Å². The maximum atomic E-state index is 6.39. The minimum atomic E-state index is 0.157. The number of benzene rings is 3. The molecule has 3 aliphatic rings. The van der Waals surface area contributed by atoms with Gasteiger partial charge in [-0.05, 0) is 73.7 Å². The molecule has 0 N–H and O–H groups in total. The Bertz CT molecular complexity index is 1290. The summed E-state index contributed by atoms with van der Waals surface area (Å²) in [5.74, 6) is 4.20. The highest BCUT2D eigenvalue weighted by molar-refractivity contribution is 5.88. The predicted octanol–water partition coefficient (Wildman–Crippen LogP) is 6.09. The maximum absolute atomic E-state index is 6.39. The summed E-state index contributed by atoms with van der Waals surface area (Å²) in [4.78, 5) is 2.47. The Kier molecular flexibility index (Phi) is 6.09. The molecule has 6 nitrogen and oxygen atoms in total. The Morgan fingerprint density at radius 2 is 1.72 bits per heavy atom. The van der Waals surface area contributed by atoms with E-state index in [4.69, 9.17) is 23.7 Å². The second kappa shape index (κ2) is 9.69. The van der Waals surface area contributed by atoms with Gasteiger partial charge in [0, 0.05) is 23.4 Å². The van der Waals surface area contributed by atoms with Crippen LogP contribution in [0.3, 0.4) is 0 Å². The zero-order valence-corrected chi connectivity index (χ0v) is 20.8. The third kappa shape index (κ3) is 4.11. The van der Waals surface area contributed by atoms with Gasteiger partial charge in [0.2, 0.25) is 6.79 Å². The molecule has 0 fully saturated rings. The molecule has 0 radical (unpaired) electrons. The van der Waals surface area contributed by atoms with E-state index in [9.17, 15) is 0 Å². The van der Waals surface area contributed by atoms with E-state index in [2.05, 4.69) is 36.1 Å². The number of nitrogens with zero attached hydrogens (tertiary/aromatic N) is 1. The van der Waals surface area contributed by atoms with Gasteiger partial charge >= 0.3 is 0 Å². The second-order valence-corrected chi connectivity index (χ2v) is 9.33. The summed E-state index contributed by atoms with van der Waals surface area (Å²) < 4.78 is 29.2. The van der Waals surface area contributed by atoms with Crippen molar-refractivity contribution in [3.8, 4) is 28.7 Å². The van der Waals surface area contributed by atoms with Gasteiger partial charge in [0.15, 0.2) is 23.0 Å². The fourth-order valence-corrected chi connectivity index (χ4v) is 5.36. The molecule has 3 aromatic rings. The van der Waals surface area contributed by atoms with E-state index in [-0.39, 0.29) is 6.04 Å². The summed E-state index contributed by atoms with van der Waals surface area (Å²) in [6.07, 6.45) is 5.06. The number of methoxy groups -OCH3 is 1. The maximum Gasteiger partial charge on any atom is 0.231 e. The third-order valence-corrected chi connectivity index (χ3v) is 7.19. The predicted molar refractivity (Wildman–Crippen MR) is 139 cm³/mol. The Morgan fingerprint density at radius 3 is 2.53 bits per heavy atom. The van der Waals surface area contributed by atoms with Crippen LogP contribution in [0, 0.1) is 0 Å². The van der Waals surface area contributed by atoms with E-state index >= 15 is 0 Å². The number of fused-ring (bicyclic) bond motifs is 5. The Labute approximate surface area is 212 Å². The van der Waals surface area contributed by atoms with Crippen molar-refractivity contribution in [2.75, 3.05) is 33.7 Å². The van der Waals surface area contributed by atoms with E-state index in [0.717, 1.165) is 54.6 Å². The number of unbranched alkanes of at least 4 members (excludes halogenated alkanes) is 1. The molecular formula is C30H31NO5. The van der Waals surface area contributed by atoms with Crippen LogP contribution in [0.5, 0.6) is 28.7 Å². The Balaban J connectivity index is 1.21. The zero-order valence-electron chi connectivity index (χ0n) is 20.8. The first-order valence-electron chi connectivity index (χ1n) is 12.7. The fourth-order valence-electron chi connectivity index (χ4n) is 5.36. The van der Waals surface area contributed by atoms with Gasteiger partial charge in [-0.15, -0.1) is 0 Å². The van der Waals surface area contributed by atoms with Gasteiger partial charge in [-0.1, -0.05) is 24.3 Å². The summed E-state index contributed by atoms with van der Waals surface area (Å²) in [5.41, 5.74) is 6.11. The topological polar surface area (TPSA) is 49.4 Å². The quantitative estimate of drug-likeness (QED) is 0.360. The third-order valence-electron chi connectivity index (χ3n) is 7.19. The summed E-state index contributed by atoms with van der Waals surface area (Å²) in [5, 5.41) is 0. The molecule has 3 heterocycles. The number of hydrogen-bond donors (Lipinski definition) is 0. The van der Waals surface area contributed by atoms with Gasteiger partial charge < -0.3 is 28.6 Å². The van der Waals surface area contributed by atoms with Crippen molar-refractivity contribution in [2.45, 2.75) is 32.2 Å². The first-order valence-corrected chi connectivity index (χ1v) is 12.7. The average Bonchev–Trinajstić information content (AvgIpc) is 3.37. The molecule has 3 aromatic carbocycles. The summed E-state index contributed by atoms with van der Waals surface area (Å²) in [7, 11) is 1.71. The van der Waals surface area contributed by atoms with Crippen LogP contribution in [0.4, 0.5) is 0 Å². The van der Waals surface area contributed by atoms with Crippen LogP contribution in [0.2, 0.25) is 0 Å². The molecule has 1 unspecified atom stereocenters. The molecule has 0 saturated carbocycles. The van der Waals surface area contributed by atoms with Gasteiger partial charge in [0.1, 0.15) is 5.75 Å². The van der Waals surface area contributed by atoms with Crippen LogP contribution in [0.15, 0.2) is 54.6 Å². The Morgan fingerprint density at radius 1 is 0.944 bits per heavy atom. The van der Waals surface area contributed by atoms with Gasteiger partial charge in [-0.2, -0.15) is 0 Å². The van der Waals surface area contributed by atoms with Crippen molar-refractivity contribution < 1.29 is 23.7 Å². The molecule has 186 valence electrons. The number of hydrogen-bond acceptors (Lipinski definition) is 6. The standard InChI is InChI=1S/C30H31NO5/c1-20-29-22(16-25-24-18-28-27(35-19-36-28)17-21(24)12-13-31(20)25)10-11-26(32-2)30(29)34-15-7-6-14-33-23-8-4-3-5-9-23/h3-5,8-11,16-18,20H,6-7,12-15,19H2,1-2H3. The molecule has 3 aliphatic heterocycles. The number of rotatable bonds is 8. The lowest BCUT2D eigenvalue weighted by atomic mass is 9.86. The molecule has 6 heteroatoms. The molecule has 0 amide bonds. The van der Waals surface area contributed by atoms with Gasteiger partial charge in [-0.3, -0.25) is 0 Å². The largest absolute Gasteiger partial charge is 0.494 e. The van der Waals surface area contributed by atoms with Crippen LogP contribution in [-0.2, 0) is 6.42 Å². The average molecular weight is 486 g/mol. The highest BCUT2D eigenvalue weighted by atomic mass is 16.7. The minimum absolute atomic E-state index is 0.157. The smallest absolute Gasteiger partial charge is 0.231 e. The highest BCUT2D eigenvalue weighted by Gasteiger charge is 2.34. The summed E-state index contributed by atoms with van der Waals surface area (Å²) in [6, 6.07) is 18.5. The molecule has 0 aromatic heterocycles. The van der Waals surface area contributed by atoms with E-state index < -0.39 is 0 Å². The van der Waals surface area contributed by atoms with Crippen molar-refractivity contribution in [1.29, 1.82) is 0 Å². The van der Waals surface area contributed by atoms with E-state index in [0.29, 0.717) is 20.0 Å². The SMILES string of the molecule is COc1ccc2c(c1OCCCCOc1ccccc1)C(C)N1CCc3cc4c(cc3C1=C2)OCO4. The molecule has 6 rings (SSSR count). The van der Waals surface area contributed by atoms with E-state index in [1.165, 1.54) is 28.0 Å². The van der Waals surface area contributed by atoms with Crippen molar-refractivity contribution in [2.24, 2.45) is 0 Å². The minimum Gasteiger partial charge on any atom is -0.494 e. The monoisotopic (exact) mass is 485 g/mol. The van der Waals surface area contributed by atoms with Gasteiger partial charge in [0.05, 0.1) is 26.4 Å². The van der Waals surface area contributed by atoms with Crippen molar-refractivity contribution in [3.63, 3.8) is 0 Å². The van der Waals surface area contributed by atoms with Crippen LogP contribution in [0.25, 0.3) is 11.8 Å². The number of para-hydroxylation sites is 1. The van der Waals surface area contributed by atoms with Crippen molar-refractivity contribution in [1.82, 2.24) is 4.90 Å². The molecule has 0 aliphatic carbocycles. The lowest BCUT2D eigenvalue weighted by Gasteiger charge is -2.42.